The molecule has 0 N–H and O–H groups in total. The van der Waals surface area contributed by atoms with Crippen LogP contribution in [0.3, 0.4) is 0 Å². The first-order valence-corrected chi connectivity index (χ1v) is 5.50. The molecule has 1 aliphatic rings. The second-order valence-corrected chi connectivity index (χ2v) is 4.28. The van der Waals surface area contributed by atoms with Crippen molar-refractivity contribution in [2.75, 3.05) is 0 Å². The molecule has 0 saturated carbocycles. The van der Waals surface area contributed by atoms with Crippen LogP contribution in [0.1, 0.15) is 17.5 Å². The Bertz CT molecular complexity index is 374. The molecule has 0 atom stereocenters. The Morgan fingerprint density at radius 1 is 1.23 bits per heavy atom. The van der Waals surface area contributed by atoms with Crippen LogP contribution in [-0.2, 0) is 6.42 Å². The minimum Gasteiger partial charge on any atom is -0.0988 e. The van der Waals surface area contributed by atoms with Gasteiger partial charge in [0, 0.05) is 3.58 Å². The Labute approximate surface area is 92.5 Å². The van der Waals surface area contributed by atoms with Crippen molar-refractivity contribution in [3.63, 3.8) is 0 Å². The van der Waals surface area contributed by atoms with E-state index >= 15 is 0 Å². The second kappa shape index (κ2) is 3.66. The van der Waals surface area contributed by atoms with Crippen LogP contribution in [0.15, 0.2) is 42.5 Å². The van der Waals surface area contributed by atoms with Gasteiger partial charge < -0.3 is 0 Å². The third-order valence-electron chi connectivity index (χ3n) is 2.45. The van der Waals surface area contributed by atoms with Crippen molar-refractivity contribution in [1.82, 2.24) is 0 Å². The molecule has 13 heavy (non-hydrogen) atoms. The largest absolute Gasteiger partial charge is 0.0988 e. The van der Waals surface area contributed by atoms with Gasteiger partial charge in [-0.15, -0.1) is 0 Å². The zero-order chi connectivity index (χ0) is 9.26. The third kappa shape index (κ3) is 1.57. The summed E-state index contributed by atoms with van der Waals surface area (Å²) in [6, 6.07) is 8.62. The number of hydrogen-bond donors (Lipinski definition) is 0. The molecule has 0 aliphatic heterocycles. The van der Waals surface area contributed by atoms with E-state index in [0.29, 0.717) is 0 Å². The van der Waals surface area contributed by atoms with Gasteiger partial charge in [-0.25, -0.2) is 0 Å². The summed E-state index contributed by atoms with van der Waals surface area (Å²) in [5, 5.41) is 0. The summed E-state index contributed by atoms with van der Waals surface area (Å²) in [5.74, 6) is 0. The van der Waals surface area contributed by atoms with Gasteiger partial charge in [-0.3, -0.25) is 0 Å². The lowest BCUT2D eigenvalue weighted by Crippen LogP contribution is -1.99. The Morgan fingerprint density at radius 2 is 2.00 bits per heavy atom. The lowest BCUT2D eigenvalue weighted by molar-refractivity contribution is 0.950. The Kier molecular flexibility index (Phi) is 2.54. The van der Waals surface area contributed by atoms with E-state index in [4.69, 9.17) is 0 Å². The number of benzene rings is 1. The SMILES string of the molecule is C=CC1=C(I)c2ccccc2CC1. The van der Waals surface area contributed by atoms with E-state index < -0.39 is 0 Å². The molecule has 1 aromatic carbocycles. The fraction of sp³-hybridized carbons (Fsp3) is 0.167. The highest BCUT2D eigenvalue weighted by Gasteiger charge is 2.13. The van der Waals surface area contributed by atoms with Crippen LogP contribution in [0.25, 0.3) is 3.58 Å². The van der Waals surface area contributed by atoms with Crippen molar-refractivity contribution >= 4 is 26.2 Å². The number of allylic oxidation sites excluding steroid dienone is 2. The summed E-state index contributed by atoms with van der Waals surface area (Å²) < 4.78 is 1.37. The van der Waals surface area contributed by atoms with Gasteiger partial charge in [0.1, 0.15) is 0 Å². The summed E-state index contributed by atoms with van der Waals surface area (Å²) in [6.45, 7) is 3.85. The van der Waals surface area contributed by atoms with E-state index in [1.54, 1.807) is 0 Å². The van der Waals surface area contributed by atoms with Gasteiger partial charge in [-0.05, 0) is 52.1 Å². The Balaban J connectivity index is 2.58. The van der Waals surface area contributed by atoms with Crippen LogP contribution in [0, 0.1) is 0 Å². The average molecular weight is 282 g/mol. The topological polar surface area (TPSA) is 0 Å². The van der Waals surface area contributed by atoms with E-state index in [2.05, 4.69) is 53.4 Å². The maximum Gasteiger partial charge on any atom is 0.0237 e. The van der Waals surface area contributed by atoms with Gasteiger partial charge in [0.2, 0.25) is 0 Å². The zero-order valence-corrected chi connectivity index (χ0v) is 9.54. The normalized spacial score (nSPS) is 15.5. The quantitative estimate of drug-likeness (QED) is 0.684. The molecule has 0 unspecified atom stereocenters. The zero-order valence-electron chi connectivity index (χ0n) is 7.39. The number of halogens is 1. The second-order valence-electron chi connectivity index (χ2n) is 3.20. The summed E-state index contributed by atoms with van der Waals surface area (Å²) in [5.41, 5.74) is 4.25. The molecule has 0 bridgehead atoms. The van der Waals surface area contributed by atoms with E-state index in [0.717, 1.165) is 12.8 Å². The summed E-state index contributed by atoms with van der Waals surface area (Å²) in [6.07, 6.45) is 4.28. The van der Waals surface area contributed by atoms with E-state index in [-0.39, 0.29) is 0 Å². The number of hydrogen-bond acceptors (Lipinski definition) is 0. The van der Waals surface area contributed by atoms with Crippen molar-refractivity contribution in [2.45, 2.75) is 12.8 Å². The van der Waals surface area contributed by atoms with Gasteiger partial charge in [-0.1, -0.05) is 36.9 Å². The Hall–Kier alpha value is -0.570. The Morgan fingerprint density at radius 3 is 2.77 bits per heavy atom. The molecule has 0 heterocycles. The molecule has 1 aromatic rings. The van der Waals surface area contributed by atoms with E-state index in [1.807, 2.05) is 6.08 Å². The molecule has 0 saturated heterocycles. The molecule has 66 valence electrons. The van der Waals surface area contributed by atoms with Crippen LogP contribution in [0.5, 0.6) is 0 Å². The van der Waals surface area contributed by atoms with Gasteiger partial charge in [0.05, 0.1) is 0 Å². The maximum absolute atomic E-state index is 3.85. The van der Waals surface area contributed by atoms with Crippen molar-refractivity contribution in [3.8, 4) is 0 Å². The van der Waals surface area contributed by atoms with Crippen molar-refractivity contribution in [1.29, 1.82) is 0 Å². The molecule has 0 amide bonds. The minimum absolute atomic E-state index is 1.14. The fourth-order valence-electron chi connectivity index (χ4n) is 1.70. The van der Waals surface area contributed by atoms with Gasteiger partial charge in [-0.2, -0.15) is 0 Å². The predicted octanol–water partition coefficient (Wildman–Crippen LogP) is 3.96. The molecule has 0 spiro atoms. The number of fused-ring (bicyclic) bond motifs is 1. The first kappa shape index (κ1) is 9.00. The van der Waals surface area contributed by atoms with E-state index in [1.165, 1.54) is 20.3 Å². The minimum atomic E-state index is 1.14. The molecule has 0 fully saturated rings. The highest BCUT2D eigenvalue weighted by molar-refractivity contribution is 14.1. The number of aryl methyl sites for hydroxylation is 1. The van der Waals surface area contributed by atoms with Crippen LogP contribution in [0.4, 0.5) is 0 Å². The molecular weight excluding hydrogens is 271 g/mol. The summed E-state index contributed by atoms with van der Waals surface area (Å²) >= 11 is 2.42. The molecular formula is C12H11I. The summed E-state index contributed by atoms with van der Waals surface area (Å²) in [4.78, 5) is 0. The molecule has 0 radical (unpaired) electrons. The molecule has 0 nitrogen and oxygen atoms in total. The molecule has 1 aliphatic carbocycles. The average Bonchev–Trinajstić information content (AvgIpc) is 2.19. The molecule has 0 aromatic heterocycles. The smallest absolute Gasteiger partial charge is 0.0237 e. The maximum atomic E-state index is 3.85. The first-order valence-electron chi connectivity index (χ1n) is 4.42. The third-order valence-corrected chi connectivity index (χ3v) is 3.72. The summed E-state index contributed by atoms with van der Waals surface area (Å²) in [7, 11) is 0. The van der Waals surface area contributed by atoms with Crippen molar-refractivity contribution < 1.29 is 0 Å². The lowest BCUT2D eigenvalue weighted by Gasteiger charge is -2.17. The van der Waals surface area contributed by atoms with Crippen LogP contribution < -0.4 is 0 Å². The monoisotopic (exact) mass is 282 g/mol. The highest BCUT2D eigenvalue weighted by atomic mass is 127. The van der Waals surface area contributed by atoms with E-state index in [9.17, 15) is 0 Å². The lowest BCUT2D eigenvalue weighted by atomic mass is 9.92. The van der Waals surface area contributed by atoms with Crippen LogP contribution >= 0.6 is 22.6 Å². The standard InChI is InChI=1S/C12H11I/c1-2-9-7-8-10-5-3-4-6-11(10)12(9)13/h2-6H,1,7-8H2. The van der Waals surface area contributed by atoms with Gasteiger partial charge in [0.25, 0.3) is 0 Å². The van der Waals surface area contributed by atoms with Crippen LogP contribution in [-0.4, -0.2) is 0 Å². The van der Waals surface area contributed by atoms with Gasteiger partial charge in [0.15, 0.2) is 0 Å². The molecule has 1 heteroatoms. The fourth-order valence-corrected chi connectivity index (χ4v) is 2.71. The highest BCUT2D eigenvalue weighted by Crippen LogP contribution is 2.35. The van der Waals surface area contributed by atoms with Crippen molar-refractivity contribution in [3.05, 3.63) is 53.6 Å². The predicted molar refractivity (Wildman–Crippen MR) is 65.9 cm³/mol. The first-order chi connectivity index (χ1) is 6.33. The number of rotatable bonds is 1. The van der Waals surface area contributed by atoms with Crippen molar-refractivity contribution in [2.24, 2.45) is 0 Å². The van der Waals surface area contributed by atoms with Crippen LogP contribution in [0.2, 0.25) is 0 Å². The van der Waals surface area contributed by atoms with Gasteiger partial charge >= 0.3 is 0 Å². The molecule has 2 rings (SSSR count).